The summed E-state index contributed by atoms with van der Waals surface area (Å²) in [5.74, 6) is 0. The van der Waals surface area contributed by atoms with Gasteiger partial charge in [-0.05, 0) is 25.9 Å². The van der Waals surface area contributed by atoms with Crippen LogP contribution in [0.2, 0.25) is 0 Å². The number of rotatable bonds is 1. The van der Waals surface area contributed by atoms with Crippen LogP contribution in [0.1, 0.15) is 53.9 Å². The van der Waals surface area contributed by atoms with Gasteiger partial charge < -0.3 is 10.0 Å². The monoisotopic (exact) mass is 203 g/mol. The molecule has 1 aliphatic heterocycles. The minimum absolute atomic E-state index is 0.0568. The van der Waals surface area contributed by atoms with Crippen LogP contribution in [0.3, 0.4) is 0 Å². The Bertz CT molecular complexity index is 96.3. The highest BCUT2D eigenvalue weighted by atomic mass is 16.3. The lowest BCUT2D eigenvalue weighted by molar-refractivity contribution is 0.0737. The number of likely N-dealkylation sites (N-methyl/N-ethyl adjacent to an activating group) is 1. The van der Waals surface area contributed by atoms with Gasteiger partial charge in [-0.15, -0.1) is 0 Å². The SMILES string of the molecule is CC.CCC.CCN1CCCC(O)C1. The third kappa shape index (κ3) is 10.0. The molecular weight excluding hydrogens is 174 g/mol. The van der Waals surface area contributed by atoms with Crippen LogP contribution >= 0.6 is 0 Å². The zero-order valence-corrected chi connectivity index (χ0v) is 10.7. The Kier molecular flexibility index (Phi) is 15.1. The summed E-state index contributed by atoms with van der Waals surface area (Å²) in [5, 5.41) is 9.17. The van der Waals surface area contributed by atoms with Gasteiger partial charge in [0, 0.05) is 6.54 Å². The van der Waals surface area contributed by atoms with Gasteiger partial charge in [0.05, 0.1) is 6.10 Å². The fourth-order valence-corrected chi connectivity index (χ4v) is 1.32. The molecule has 0 spiro atoms. The van der Waals surface area contributed by atoms with Gasteiger partial charge in [-0.25, -0.2) is 0 Å². The van der Waals surface area contributed by atoms with Gasteiger partial charge in [0.15, 0.2) is 0 Å². The number of hydrogen-bond acceptors (Lipinski definition) is 2. The molecule has 1 aliphatic rings. The van der Waals surface area contributed by atoms with E-state index in [0.717, 1.165) is 25.9 Å². The van der Waals surface area contributed by atoms with E-state index in [4.69, 9.17) is 5.11 Å². The van der Waals surface area contributed by atoms with Crippen molar-refractivity contribution in [3.05, 3.63) is 0 Å². The third-order valence-corrected chi connectivity index (χ3v) is 1.93. The Balaban J connectivity index is 0. The molecule has 1 heterocycles. The van der Waals surface area contributed by atoms with Crippen molar-refractivity contribution in [1.82, 2.24) is 4.90 Å². The van der Waals surface area contributed by atoms with E-state index in [0.29, 0.717) is 0 Å². The highest BCUT2D eigenvalue weighted by molar-refractivity contribution is 4.69. The molecule has 0 aliphatic carbocycles. The van der Waals surface area contributed by atoms with E-state index < -0.39 is 0 Å². The van der Waals surface area contributed by atoms with Gasteiger partial charge in [0.2, 0.25) is 0 Å². The van der Waals surface area contributed by atoms with Crippen molar-refractivity contribution < 1.29 is 5.11 Å². The Morgan fingerprint density at radius 3 is 2.00 bits per heavy atom. The minimum Gasteiger partial charge on any atom is -0.392 e. The average Bonchev–Trinajstić information content (AvgIpc) is 2.22. The second-order valence-corrected chi connectivity index (χ2v) is 3.40. The average molecular weight is 203 g/mol. The van der Waals surface area contributed by atoms with Gasteiger partial charge in [0.1, 0.15) is 0 Å². The second-order valence-electron chi connectivity index (χ2n) is 3.40. The number of hydrogen-bond donors (Lipinski definition) is 1. The summed E-state index contributed by atoms with van der Waals surface area (Å²) < 4.78 is 0. The van der Waals surface area contributed by atoms with Gasteiger partial charge in [0.25, 0.3) is 0 Å². The summed E-state index contributed by atoms with van der Waals surface area (Å²) in [5.41, 5.74) is 0. The van der Waals surface area contributed by atoms with E-state index in [1.165, 1.54) is 13.0 Å². The van der Waals surface area contributed by atoms with Crippen molar-refractivity contribution in [3.63, 3.8) is 0 Å². The Morgan fingerprint density at radius 1 is 1.21 bits per heavy atom. The molecule has 0 aromatic heterocycles. The summed E-state index contributed by atoms with van der Waals surface area (Å²) in [7, 11) is 0. The first-order valence-electron chi connectivity index (χ1n) is 6.14. The van der Waals surface area contributed by atoms with E-state index in [-0.39, 0.29) is 6.10 Å². The Morgan fingerprint density at radius 2 is 1.71 bits per heavy atom. The summed E-state index contributed by atoms with van der Waals surface area (Å²) in [6.07, 6.45) is 3.35. The Labute approximate surface area is 90.3 Å². The summed E-state index contributed by atoms with van der Waals surface area (Å²) in [4.78, 5) is 2.29. The predicted molar refractivity (Wildman–Crippen MR) is 64.7 cm³/mol. The van der Waals surface area contributed by atoms with Crippen molar-refractivity contribution >= 4 is 0 Å². The fourth-order valence-electron chi connectivity index (χ4n) is 1.32. The predicted octanol–water partition coefficient (Wildman–Crippen LogP) is 2.91. The van der Waals surface area contributed by atoms with Crippen LogP contribution in [0.25, 0.3) is 0 Å². The molecule has 0 aromatic rings. The first kappa shape index (κ1) is 16.4. The molecular formula is C12H29NO. The van der Waals surface area contributed by atoms with Crippen molar-refractivity contribution in [2.45, 2.75) is 60.0 Å². The molecule has 2 heteroatoms. The van der Waals surface area contributed by atoms with E-state index in [2.05, 4.69) is 25.7 Å². The summed E-state index contributed by atoms with van der Waals surface area (Å²) in [6.45, 7) is 13.5. The van der Waals surface area contributed by atoms with Crippen LogP contribution in [0.4, 0.5) is 0 Å². The number of likely N-dealkylation sites (tertiary alicyclic amines) is 1. The van der Waals surface area contributed by atoms with Gasteiger partial charge in [-0.1, -0.05) is 41.0 Å². The molecule has 1 saturated heterocycles. The molecule has 2 nitrogen and oxygen atoms in total. The standard InChI is InChI=1S/C7H15NO.C3H8.C2H6/c1-2-8-5-3-4-7(9)6-8;1-3-2;1-2/h7,9H,2-6H2,1H3;3H2,1-2H3;1-2H3. The highest BCUT2D eigenvalue weighted by Crippen LogP contribution is 2.08. The third-order valence-electron chi connectivity index (χ3n) is 1.93. The van der Waals surface area contributed by atoms with Crippen molar-refractivity contribution in [1.29, 1.82) is 0 Å². The molecule has 0 aromatic carbocycles. The number of β-amino-alcohol motifs (C(OH)–C–C–N with tert-alkyl or cyclic N) is 1. The van der Waals surface area contributed by atoms with E-state index in [9.17, 15) is 0 Å². The molecule has 0 bridgehead atoms. The second kappa shape index (κ2) is 12.9. The van der Waals surface area contributed by atoms with Gasteiger partial charge >= 0.3 is 0 Å². The maximum atomic E-state index is 9.17. The number of piperidine rings is 1. The van der Waals surface area contributed by atoms with Gasteiger partial charge in [-0.3, -0.25) is 0 Å². The lowest BCUT2D eigenvalue weighted by Gasteiger charge is -2.28. The lowest BCUT2D eigenvalue weighted by Crippen LogP contribution is -2.37. The molecule has 88 valence electrons. The molecule has 14 heavy (non-hydrogen) atoms. The number of aliphatic hydroxyl groups excluding tert-OH is 1. The summed E-state index contributed by atoms with van der Waals surface area (Å²) >= 11 is 0. The molecule has 0 radical (unpaired) electrons. The smallest absolute Gasteiger partial charge is 0.0667 e. The van der Waals surface area contributed by atoms with Crippen molar-refractivity contribution in [2.75, 3.05) is 19.6 Å². The van der Waals surface area contributed by atoms with Crippen LogP contribution < -0.4 is 0 Å². The topological polar surface area (TPSA) is 23.5 Å². The van der Waals surface area contributed by atoms with Crippen molar-refractivity contribution in [3.8, 4) is 0 Å². The molecule has 0 saturated carbocycles. The first-order chi connectivity index (χ1) is 6.74. The van der Waals surface area contributed by atoms with Crippen LogP contribution in [0.5, 0.6) is 0 Å². The Hall–Kier alpha value is -0.0800. The molecule has 1 atom stereocenters. The van der Waals surface area contributed by atoms with Gasteiger partial charge in [-0.2, -0.15) is 0 Å². The molecule has 1 fully saturated rings. The molecule has 1 unspecified atom stereocenters. The zero-order valence-electron chi connectivity index (χ0n) is 10.7. The van der Waals surface area contributed by atoms with Crippen LogP contribution in [-0.2, 0) is 0 Å². The minimum atomic E-state index is -0.0568. The quantitative estimate of drug-likeness (QED) is 0.708. The molecule has 0 amide bonds. The van der Waals surface area contributed by atoms with E-state index in [1.807, 2.05) is 13.8 Å². The lowest BCUT2D eigenvalue weighted by atomic mass is 10.1. The van der Waals surface area contributed by atoms with Crippen LogP contribution in [0.15, 0.2) is 0 Å². The maximum absolute atomic E-state index is 9.17. The van der Waals surface area contributed by atoms with E-state index >= 15 is 0 Å². The number of nitrogens with zero attached hydrogens (tertiary/aromatic N) is 1. The summed E-state index contributed by atoms with van der Waals surface area (Å²) in [6, 6.07) is 0. The number of aliphatic hydroxyl groups is 1. The normalized spacial score (nSPS) is 21.4. The van der Waals surface area contributed by atoms with Crippen LogP contribution in [0, 0.1) is 0 Å². The maximum Gasteiger partial charge on any atom is 0.0667 e. The van der Waals surface area contributed by atoms with Crippen LogP contribution in [-0.4, -0.2) is 35.7 Å². The van der Waals surface area contributed by atoms with Crippen molar-refractivity contribution in [2.24, 2.45) is 0 Å². The molecule has 1 N–H and O–H groups in total. The first-order valence-corrected chi connectivity index (χ1v) is 6.14. The zero-order chi connectivity index (χ0) is 11.4. The highest BCUT2D eigenvalue weighted by Gasteiger charge is 2.14. The largest absolute Gasteiger partial charge is 0.392 e. The molecule has 1 rings (SSSR count). The fraction of sp³-hybridized carbons (Fsp3) is 1.00. The van der Waals surface area contributed by atoms with E-state index in [1.54, 1.807) is 0 Å².